The minimum atomic E-state index is -1.12. The number of carboxylic acids is 1. The van der Waals surface area contributed by atoms with Gasteiger partial charge in [-0.3, -0.25) is 4.79 Å². The Kier molecular flexibility index (Phi) is 3.70. The van der Waals surface area contributed by atoms with E-state index >= 15 is 0 Å². The molecule has 0 radical (unpaired) electrons. The summed E-state index contributed by atoms with van der Waals surface area (Å²) in [7, 11) is 0. The summed E-state index contributed by atoms with van der Waals surface area (Å²) in [5, 5.41) is 14.2. The predicted octanol–water partition coefficient (Wildman–Crippen LogP) is 1.52. The number of hydrogen-bond donors (Lipinski definition) is 1. The van der Waals surface area contributed by atoms with Crippen molar-refractivity contribution in [2.24, 2.45) is 5.92 Å². The van der Waals surface area contributed by atoms with Gasteiger partial charge in [0.2, 0.25) is 0 Å². The van der Waals surface area contributed by atoms with Crippen LogP contribution in [0.3, 0.4) is 0 Å². The van der Waals surface area contributed by atoms with Gasteiger partial charge in [-0.1, -0.05) is 18.2 Å². The number of nitrogens with zero attached hydrogens (tertiary/aromatic N) is 2. The van der Waals surface area contributed by atoms with Crippen LogP contribution in [0.1, 0.15) is 23.3 Å². The number of benzene rings is 1. The zero-order valence-corrected chi connectivity index (χ0v) is 11.5. The van der Waals surface area contributed by atoms with E-state index in [-0.39, 0.29) is 11.3 Å². The molecule has 0 amide bonds. The Morgan fingerprint density at radius 1 is 1.29 bits per heavy atom. The summed E-state index contributed by atoms with van der Waals surface area (Å²) in [5.41, 5.74) is -0.306. The number of carboxylic acid groups (broad SMARTS) is 1. The molecular formula is C15H16N2O4. The highest BCUT2D eigenvalue weighted by atomic mass is 16.5. The average Bonchev–Trinajstić information content (AvgIpc) is 2.51. The molecule has 1 aromatic heterocycles. The van der Waals surface area contributed by atoms with Crippen LogP contribution in [0.25, 0.3) is 10.8 Å². The molecule has 6 heteroatoms. The molecule has 0 unspecified atom stereocenters. The van der Waals surface area contributed by atoms with Crippen LogP contribution in [0, 0.1) is 5.92 Å². The third-order valence-corrected chi connectivity index (χ3v) is 3.84. The molecule has 1 aliphatic heterocycles. The van der Waals surface area contributed by atoms with Crippen LogP contribution in [0.2, 0.25) is 0 Å². The molecule has 2 aromatic rings. The van der Waals surface area contributed by atoms with E-state index in [9.17, 15) is 14.7 Å². The third kappa shape index (κ3) is 2.67. The molecular weight excluding hydrogens is 272 g/mol. The van der Waals surface area contributed by atoms with Crippen molar-refractivity contribution < 1.29 is 14.6 Å². The lowest BCUT2D eigenvalue weighted by atomic mass is 10.0. The van der Waals surface area contributed by atoms with Crippen molar-refractivity contribution in [2.75, 3.05) is 13.2 Å². The molecule has 1 saturated heterocycles. The monoisotopic (exact) mass is 288 g/mol. The molecule has 1 N–H and O–H groups in total. The maximum Gasteiger partial charge on any atom is 0.357 e. The fraction of sp³-hybridized carbons (Fsp3) is 0.400. The smallest absolute Gasteiger partial charge is 0.357 e. The van der Waals surface area contributed by atoms with Crippen LogP contribution in [-0.4, -0.2) is 34.1 Å². The summed E-state index contributed by atoms with van der Waals surface area (Å²) in [5.74, 6) is -0.821. The van der Waals surface area contributed by atoms with E-state index in [4.69, 9.17) is 4.74 Å². The molecule has 2 heterocycles. The minimum absolute atomic E-state index is 0.0720. The Labute approximate surface area is 121 Å². The zero-order valence-electron chi connectivity index (χ0n) is 11.5. The average molecular weight is 288 g/mol. The zero-order chi connectivity index (χ0) is 14.8. The number of rotatable bonds is 3. The lowest BCUT2D eigenvalue weighted by Gasteiger charge is -2.22. The summed E-state index contributed by atoms with van der Waals surface area (Å²) < 4.78 is 6.59. The second kappa shape index (κ2) is 5.65. The summed E-state index contributed by atoms with van der Waals surface area (Å²) in [4.78, 5) is 23.8. The first-order chi connectivity index (χ1) is 10.2. The van der Waals surface area contributed by atoms with Gasteiger partial charge in [-0.25, -0.2) is 9.48 Å². The summed E-state index contributed by atoms with van der Waals surface area (Å²) in [6.07, 6.45) is 1.73. The first kappa shape index (κ1) is 13.8. The summed E-state index contributed by atoms with van der Waals surface area (Å²) in [6, 6.07) is 6.70. The standard InChI is InChI=1S/C15H16N2O4/c18-14-12-4-2-1-3-11(12)13(15(19)20)16-17(14)9-10-5-7-21-8-6-10/h1-4,10H,5-9H2,(H,19,20). The van der Waals surface area contributed by atoms with Gasteiger partial charge in [-0.05, 0) is 24.8 Å². The second-order valence-corrected chi connectivity index (χ2v) is 5.24. The van der Waals surface area contributed by atoms with E-state index in [0.29, 0.717) is 36.4 Å². The van der Waals surface area contributed by atoms with E-state index in [1.165, 1.54) is 4.68 Å². The quantitative estimate of drug-likeness (QED) is 0.926. The predicted molar refractivity (Wildman–Crippen MR) is 76.5 cm³/mol. The minimum Gasteiger partial charge on any atom is -0.476 e. The number of aromatic carboxylic acids is 1. The second-order valence-electron chi connectivity index (χ2n) is 5.24. The molecule has 1 aliphatic rings. The first-order valence-corrected chi connectivity index (χ1v) is 6.97. The van der Waals surface area contributed by atoms with Crippen molar-refractivity contribution in [1.82, 2.24) is 9.78 Å². The number of fused-ring (bicyclic) bond motifs is 1. The fourth-order valence-corrected chi connectivity index (χ4v) is 2.69. The van der Waals surface area contributed by atoms with Gasteiger partial charge in [-0.2, -0.15) is 5.10 Å². The molecule has 0 spiro atoms. The van der Waals surface area contributed by atoms with E-state index in [0.717, 1.165) is 12.8 Å². The SMILES string of the molecule is O=C(O)c1nn(CC2CCOCC2)c(=O)c2ccccc12. The molecule has 0 atom stereocenters. The number of aromatic nitrogens is 2. The Balaban J connectivity index is 2.07. The topological polar surface area (TPSA) is 81.4 Å². The Hall–Kier alpha value is -2.21. The van der Waals surface area contributed by atoms with Crippen LogP contribution in [-0.2, 0) is 11.3 Å². The Morgan fingerprint density at radius 2 is 1.95 bits per heavy atom. The first-order valence-electron chi connectivity index (χ1n) is 6.97. The van der Waals surface area contributed by atoms with E-state index < -0.39 is 5.97 Å². The maximum atomic E-state index is 12.5. The summed E-state index contributed by atoms with van der Waals surface area (Å²) in [6.45, 7) is 1.80. The highest BCUT2D eigenvalue weighted by Crippen LogP contribution is 2.18. The van der Waals surface area contributed by atoms with E-state index in [1.54, 1.807) is 24.3 Å². The van der Waals surface area contributed by atoms with Crippen molar-refractivity contribution in [3.8, 4) is 0 Å². The molecule has 6 nitrogen and oxygen atoms in total. The molecule has 110 valence electrons. The van der Waals surface area contributed by atoms with E-state index in [2.05, 4.69) is 5.10 Å². The van der Waals surface area contributed by atoms with Crippen LogP contribution < -0.4 is 5.56 Å². The Bertz CT molecular complexity index is 732. The largest absolute Gasteiger partial charge is 0.476 e. The molecule has 1 aromatic carbocycles. The van der Waals surface area contributed by atoms with E-state index in [1.807, 2.05) is 0 Å². The van der Waals surface area contributed by atoms with Gasteiger partial charge in [0.15, 0.2) is 5.69 Å². The van der Waals surface area contributed by atoms with Crippen LogP contribution in [0.4, 0.5) is 0 Å². The van der Waals surface area contributed by atoms with Gasteiger partial charge in [-0.15, -0.1) is 0 Å². The van der Waals surface area contributed by atoms with Gasteiger partial charge in [0.1, 0.15) is 0 Å². The Morgan fingerprint density at radius 3 is 2.62 bits per heavy atom. The van der Waals surface area contributed by atoms with Crippen molar-refractivity contribution in [3.05, 3.63) is 40.3 Å². The molecule has 3 rings (SSSR count). The van der Waals surface area contributed by atoms with Gasteiger partial charge < -0.3 is 9.84 Å². The fourth-order valence-electron chi connectivity index (χ4n) is 2.69. The van der Waals surface area contributed by atoms with Crippen LogP contribution in [0.15, 0.2) is 29.1 Å². The van der Waals surface area contributed by atoms with Gasteiger partial charge in [0.05, 0.1) is 5.39 Å². The van der Waals surface area contributed by atoms with Crippen molar-refractivity contribution in [2.45, 2.75) is 19.4 Å². The molecule has 1 fully saturated rings. The van der Waals surface area contributed by atoms with Gasteiger partial charge in [0, 0.05) is 25.1 Å². The number of carbonyl (C=O) groups is 1. The van der Waals surface area contributed by atoms with Crippen LogP contribution >= 0.6 is 0 Å². The lowest BCUT2D eigenvalue weighted by molar-refractivity contribution is 0.0590. The van der Waals surface area contributed by atoms with Crippen molar-refractivity contribution >= 4 is 16.7 Å². The molecule has 0 saturated carbocycles. The summed E-state index contributed by atoms with van der Waals surface area (Å²) >= 11 is 0. The van der Waals surface area contributed by atoms with Gasteiger partial charge >= 0.3 is 5.97 Å². The molecule has 0 bridgehead atoms. The van der Waals surface area contributed by atoms with Crippen LogP contribution in [0.5, 0.6) is 0 Å². The third-order valence-electron chi connectivity index (χ3n) is 3.84. The normalized spacial score (nSPS) is 16.2. The van der Waals surface area contributed by atoms with Gasteiger partial charge in [0.25, 0.3) is 5.56 Å². The maximum absolute atomic E-state index is 12.5. The lowest BCUT2D eigenvalue weighted by Crippen LogP contribution is -2.31. The van der Waals surface area contributed by atoms with Crippen molar-refractivity contribution in [1.29, 1.82) is 0 Å². The number of hydrogen-bond acceptors (Lipinski definition) is 4. The molecule has 0 aliphatic carbocycles. The molecule has 21 heavy (non-hydrogen) atoms. The highest BCUT2D eigenvalue weighted by molar-refractivity contribution is 6.01. The van der Waals surface area contributed by atoms with Crippen molar-refractivity contribution in [3.63, 3.8) is 0 Å². The number of ether oxygens (including phenoxy) is 1. The highest BCUT2D eigenvalue weighted by Gasteiger charge is 2.19.